The number of hydrogen-bond donors (Lipinski definition) is 2. The number of ether oxygens (including phenoxy) is 1. The Balaban J connectivity index is 1.81. The van der Waals surface area contributed by atoms with Crippen molar-refractivity contribution in [3.63, 3.8) is 0 Å². The topological polar surface area (TPSA) is 81.4 Å². The molecule has 5 nitrogen and oxygen atoms in total. The van der Waals surface area contributed by atoms with Gasteiger partial charge < -0.3 is 15.8 Å². The van der Waals surface area contributed by atoms with Crippen molar-refractivity contribution in [1.82, 2.24) is 5.32 Å². The van der Waals surface area contributed by atoms with Gasteiger partial charge >= 0.3 is 0 Å². The lowest BCUT2D eigenvalue weighted by atomic mass is 10.1. The fraction of sp³-hybridized carbons (Fsp3) is 0.222. The van der Waals surface area contributed by atoms with Crippen LogP contribution >= 0.6 is 0 Å². The Labute approximate surface area is 135 Å². The SMILES string of the molecule is Cc1cc(C)cc(OCC(=O)NCc2ccc(C(N)=O)cc2)c1. The zero-order chi connectivity index (χ0) is 16.8. The van der Waals surface area contributed by atoms with Gasteiger partial charge in [0.1, 0.15) is 5.75 Å². The van der Waals surface area contributed by atoms with E-state index in [-0.39, 0.29) is 12.5 Å². The fourth-order valence-electron chi connectivity index (χ4n) is 2.20. The van der Waals surface area contributed by atoms with E-state index in [9.17, 15) is 9.59 Å². The molecule has 0 heterocycles. The summed E-state index contributed by atoms with van der Waals surface area (Å²) in [5.41, 5.74) is 8.69. The number of hydrogen-bond acceptors (Lipinski definition) is 3. The quantitative estimate of drug-likeness (QED) is 0.857. The first-order chi connectivity index (χ1) is 10.9. The average Bonchev–Trinajstić information content (AvgIpc) is 2.50. The monoisotopic (exact) mass is 312 g/mol. The van der Waals surface area contributed by atoms with Crippen molar-refractivity contribution in [3.8, 4) is 5.75 Å². The molecule has 23 heavy (non-hydrogen) atoms. The third-order valence-corrected chi connectivity index (χ3v) is 3.29. The number of amides is 2. The van der Waals surface area contributed by atoms with E-state index in [1.54, 1.807) is 24.3 Å². The van der Waals surface area contributed by atoms with E-state index in [0.717, 1.165) is 16.7 Å². The maximum absolute atomic E-state index is 11.8. The minimum atomic E-state index is -0.470. The van der Waals surface area contributed by atoms with Gasteiger partial charge in [0.15, 0.2) is 6.61 Å². The van der Waals surface area contributed by atoms with Crippen LogP contribution in [0.2, 0.25) is 0 Å². The summed E-state index contributed by atoms with van der Waals surface area (Å²) in [6.45, 7) is 4.29. The normalized spacial score (nSPS) is 10.2. The van der Waals surface area contributed by atoms with E-state index in [1.165, 1.54) is 0 Å². The molecule has 0 atom stereocenters. The summed E-state index contributed by atoms with van der Waals surface area (Å²) in [5, 5.41) is 2.77. The van der Waals surface area contributed by atoms with E-state index >= 15 is 0 Å². The molecule has 0 fully saturated rings. The summed E-state index contributed by atoms with van der Waals surface area (Å²) in [6, 6.07) is 12.6. The van der Waals surface area contributed by atoms with Gasteiger partial charge in [-0.2, -0.15) is 0 Å². The molecule has 0 spiro atoms. The Morgan fingerprint density at radius 2 is 1.65 bits per heavy atom. The molecule has 5 heteroatoms. The molecule has 120 valence electrons. The smallest absolute Gasteiger partial charge is 0.258 e. The van der Waals surface area contributed by atoms with E-state index in [4.69, 9.17) is 10.5 Å². The van der Waals surface area contributed by atoms with Crippen LogP contribution in [0.5, 0.6) is 5.75 Å². The molecule has 0 unspecified atom stereocenters. The summed E-state index contributed by atoms with van der Waals surface area (Å²) >= 11 is 0. The van der Waals surface area contributed by atoms with Crippen LogP contribution in [0.15, 0.2) is 42.5 Å². The second-order valence-corrected chi connectivity index (χ2v) is 5.45. The molecule has 0 aliphatic heterocycles. The van der Waals surface area contributed by atoms with Gasteiger partial charge in [0, 0.05) is 12.1 Å². The minimum Gasteiger partial charge on any atom is -0.484 e. The highest BCUT2D eigenvalue weighted by Crippen LogP contribution is 2.15. The van der Waals surface area contributed by atoms with Gasteiger partial charge in [-0.05, 0) is 54.8 Å². The van der Waals surface area contributed by atoms with Gasteiger partial charge in [-0.25, -0.2) is 0 Å². The van der Waals surface area contributed by atoms with Crippen LogP contribution in [0.3, 0.4) is 0 Å². The molecule has 2 aromatic carbocycles. The Hall–Kier alpha value is -2.82. The molecule has 0 aromatic heterocycles. The van der Waals surface area contributed by atoms with Crippen LogP contribution in [-0.2, 0) is 11.3 Å². The number of nitrogens with two attached hydrogens (primary N) is 1. The van der Waals surface area contributed by atoms with Crippen LogP contribution < -0.4 is 15.8 Å². The molecule has 0 aliphatic rings. The number of nitrogens with one attached hydrogen (secondary N) is 1. The lowest BCUT2D eigenvalue weighted by Crippen LogP contribution is -2.28. The summed E-state index contributed by atoms with van der Waals surface area (Å²) in [7, 11) is 0. The standard InChI is InChI=1S/C18H20N2O3/c1-12-7-13(2)9-16(8-12)23-11-17(21)20-10-14-3-5-15(6-4-14)18(19)22/h3-9H,10-11H2,1-2H3,(H2,19,22)(H,20,21). The third-order valence-electron chi connectivity index (χ3n) is 3.29. The Bertz CT molecular complexity index is 688. The molecule has 2 aromatic rings. The van der Waals surface area contributed by atoms with Gasteiger partial charge in [0.25, 0.3) is 5.91 Å². The molecule has 0 aliphatic carbocycles. The minimum absolute atomic E-state index is 0.0394. The van der Waals surface area contributed by atoms with E-state index in [0.29, 0.717) is 17.9 Å². The number of aryl methyl sites for hydroxylation is 2. The van der Waals surface area contributed by atoms with Gasteiger partial charge in [-0.3, -0.25) is 9.59 Å². The van der Waals surface area contributed by atoms with Crippen molar-refractivity contribution in [2.45, 2.75) is 20.4 Å². The van der Waals surface area contributed by atoms with Crippen LogP contribution in [0.4, 0.5) is 0 Å². The van der Waals surface area contributed by atoms with Crippen LogP contribution in [-0.4, -0.2) is 18.4 Å². The Morgan fingerprint density at radius 1 is 1.04 bits per heavy atom. The third kappa shape index (κ3) is 5.14. The molecule has 0 saturated heterocycles. The first-order valence-corrected chi connectivity index (χ1v) is 7.30. The Kier molecular flexibility index (Phi) is 5.36. The van der Waals surface area contributed by atoms with Crippen molar-refractivity contribution in [1.29, 1.82) is 0 Å². The van der Waals surface area contributed by atoms with Crippen LogP contribution in [0.25, 0.3) is 0 Å². The molecular formula is C18H20N2O3. The van der Waals surface area contributed by atoms with Crippen molar-refractivity contribution in [3.05, 3.63) is 64.7 Å². The lowest BCUT2D eigenvalue weighted by molar-refractivity contribution is -0.123. The fourth-order valence-corrected chi connectivity index (χ4v) is 2.20. The van der Waals surface area contributed by atoms with Crippen molar-refractivity contribution < 1.29 is 14.3 Å². The van der Waals surface area contributed by atoms with Gasteiger partial charge in [0.05, 0.1) is 0 Å². The molecule has 2 rings (SSSR count). The van der Waals surface area contributed by atoms with Gasteiger partial charge in [-0.1, -0.05) is 18.2 Å². The van der Waals surface area contributed by atoms with Crippen molar-refractivity contribution in [2.75, 3.05) is 6.61 Å². The van der Waals surface area contributed by atoms with Gasteiger partial charge in [-0.15, -0.1) is 0 Å². The van der Waals surface area contributed by atoms with Crippen molar-refractivity contribution >= 4 is 11.8 Å². The molecule has 3 N–H and O–H groups in total. The van der Waals surface area contributed by atoms with E-state index in [1.807, 2.05) is 32.0 Å². The molecule has 0 radical (unpaired) electrons. The number of carbonyl (C=O) groups excluding carboxylic acids is 2. The average molecular weight is 312 g/mol. The summed E-state index contributed by atoms with van der Waals surface area (Å²) < 4.78 is 5.50. The summed E-state index contributed by atoms with van der Waals surface area (Å²) in [5.74, 6) is 0.00836. The summed E-state index contributed by atoms with van der Waals surface area (Å²) in [4.78, 5) is 22.8. The number of rotatable bonds is 6. The van der Waals surface area contributed by atoms with E-state index < -0.39 is 5.91 Å². The second-order valence-electron chi connectivity index (χ2n) is 5.45. The maximum atomic E-state index is 11.8. The van der Waals surface area contributed by atoms with Gasteiger partial charge in [0.2, 0.25) is 5.91 Å². The zero-order valence-corrected chi connectivity index (χ0v) is 13.3. The Morgan fingerprint density at radius 3 is 2.22 bits per heavy atom. The van der Waals surface area contributed by atoms with Crippen molar-refractivity contribution in [2.24, 2.45) is 5.73 Å². The highest BCUT2D eigenvalue weighted by Gasteiger charge is 2.05. The lowest BCUT2D eigenvalue weighted by Gasteiger charge is -2.09. The number of carbonyl (C=O) groups is 2. The summed E-state index contributed by atoms with van der Waals surface area (Å²) in [6.07, 6.45) is 0. The first-order valence-electron chi connectivity index (χ1n) is 7.30. The predicted molar refractivity (Wildman–Crippen MR) is 88.2 cm³/mol. The number of benzene rings is 2. The first kappa shape index (κ1) is 16.5. The molecule has 0 bridgehead atoms. The largest absolute Gasteiger partial charge is 0.484 e. The highest BCUT2D eigenvalue weighted by atomic mass is 16.5. The zero-order valence-electron chi connectivity index (χ0n) is 13.3. The highest BCUT2D eigenvalue weighted by molar-refractivity contribution is 5.92. The maximum Gasteiger partial charge on any atom is 0.258 e. The number of primary amides is 1. The van der Waals surface area contributed by atoms with Crippen LogP contribution in [0.1, 0.15) is 27.0 Å². The van der Waals surface area contributed by atoms with E-state index in [2.05, 4.69) is 5.32 Å². The van der Waals surface area contributed by atoms with Crippen LogP contribution in [0, 0.1) is 13.8 Å². The molecule has 2 amide bonds. The second kappa shape index (κ2) is 7.45. The predicted octanol–water partition coefficient (Wildman–Crippen LogP) is 2.10. The molecule has 0 saturated carbocycles. The molecular weight excluding hydrogens is 292 g/mol.